The molecule has 0 aliphatic rings. The van der Waals surface area contributed by atoms with Gasteiger partial charge in [0.1, 0.15) is 17.3 Å². The summed E-state index contributed by atoms with van der Waals surface area (Å²) < 4.78 is 0.841. The molecule has 3 aromatic rings. The van der Waals surface area contributed by atoms with Crippen LogP contribution in [0, 0.1) is 10.5 Å². The Labute approximate surface area is 135 Å². The van der Waals surface area contributed by atoms with Crippen LogP contribution in [0.3, 0.4) is 0 Å². The molecule has 0 atom stereocenters. The SMILES string of the molecule is Cc1nccc(-c2nc(N)c(I)c(-c3ccccc3)n2)n1. The second-order valence-electron chi connectivity index (χ2n) is 4.45. The lowest BCUT2D eigenvalue weighted by molar-refractivity contribution is 1.03. The van der Waals surface area contributed by atoms with Crippen LogP contribution in [-0.4, -0.2) is 19.9 Å². The Bertz CT molecular complexity index is 789. The third-order valence-electron chi connectivity index (χ3n) is 2.93. The lowest BCUT2D eigenvalue weighted by atomic mass is 10.1. The highest BCUT2D eigenvalue weighted by molar-refractivity contribution is 14.1. The quantitative estimate of drug-likeness (QED) is 0.682. The molecule has 21 heavy (non-hydrogen) atoms. The molecule has 0 unspecified atom stereocenters. The van der Waals surface area contributed by atoms with Gasteiger partial charge in [-0.1, -0.05) is 30.3 Å². The van der Waals surface area contributed by atoms with Crippen LogP contribution in [0.4, 0.5) is 5.82 Å². The fourth-order valence-electron chi connectivity index (χ4n) is 1.95. The van der Waals surface area contributed by atoms with E-state index < -0.39 is 0 Å². The van der Waals surface area contributed by atoms with Gasteiger partial charge in [0.2, 0.25) is 0 Å². The van der Waals surface area contributed by atoms with Gasteiger partial charge in [-0.3, -0.25) is 0 Å². The summed E-state index contributed by atoms with van der Waals surface area (Å²) in [6.07, 6.45) is 1.69. The fraction of sp³-hybridized carbons (Fsp3) is 0.0667. The van der Waals surface area contributed by atoms with Crippen molar-refractivity contribution >= 4 is 28.4 Å². The van der Waals surface area contributed by atoms with Crippen molar-refractivity contribution in [2.45, 2.75) is 6.92 Å². The lowest BCUT2D eigenvalue weighted by Gasteiger charge is -2.09. The molecule has 0 fully saturated rings. The summed E-state index contributed by atoms with van der Waals surface area (Å²) in [5.41, 5.74) is 8.52. The van der Waals surface area contributed by atoms with Gasteiger partial charge in [0, 0.05) is 11.8 Å². The summed E-state index contributed by atoms with van der Waals surface area (Å²) in [5, 5.41) is 0. The topological polar surface area (TPSA) is 77.6 Å². The predicted molar refractivity (Wildman–Crippen MR) is 90.4 cm³/mol. The Morgan fingerprint density at radius 3 is 2.48 bits per heavy atom. The second-order valence-corrected chi connectivity index (χ2v) is 5.53. The molecule has 0 radical (unpaired) electrons. The number of hydrogen-bond donors (Lipinski definition) is 1. The van der Waals surface area contributed by atoms with Crippen molar-refractivity contribution in [1.29, 1.82) is 0 Å². The van der Waals surface area contributed by atoms with E-state index in [1.165, 1.54) is 0 Å². The van der Waals surface area contributed by atoms with E-state index in [1.54, 1.807) is 12.3 Å². The van der Waals surface area contributed by atoms with Gasteiger partial charge in [-0.05, 0) is 35.6 Å². The maximum absolute atomic E-state index is 6.03. The first-order chi connectivity index (χ1) is 10.1. The molecule has 5 nitrogen and oxygen atoms in total. The highest BCUT2D eigenvalue weighted by Gasteiger charge is 2.13. The van der Waals surface area contributed by atoms with Crippen molar-refractivity contribution in [2.75, 3.05) is 5.73 Å². The highest BCUT2D eigenvalue weighted by Crippen LogP contribution is 2.28. The van der Waals surface area contributed by atoms with Gasteiger partial charge in [-0.25, -0.2) is 19.9 Å². The van der Waals surface area contributed by atoms with Gasteiger partial charge >= 0.3 is 0 Å². The van der Waals surface area contributed by atoms with Crippen molar-refractivity contribution in [1.82, 2.24) is 19.9 Å². The minimum absolute atomic E-state index is 0.454. The van der Waals surface area contributed by atoms with Crippen molar-refractivity contribution in [3.8, 4) is 22.8 Å². The molecule has 0 bridgehead atoms. The fourth-order valence-corrected chi connectivity index (χ4v) is 2.50. The highest BCUT2D eigenvalue weighted by atomic mass is 127. The zero-order valence-corrected chi connectivity index (χ0v) is 13.4. The van der Waals surface area contributed by atoms with E-state index in [1.807, 2.05) is 37.3 Å². The van der Waals surface area contributed by atoms with E-state index in [4.69, 9.17) is 5.73 Å². The van der Waals surface area contributed by atoms with Crippen LogP contribution < -0.4 is 5.73 Å². The lowest BCUT2D eigenvalue weighted by Crippen LogP contribution is -2.03. The van der Waals surface area contributed by atoms with Gasteiger partial charge in [0.05, 0.1) is 9.26 Å². The number of rotatable bonds is 2. The van der Waals surface area contributed by atoms with E-state index in [0.717, 1.165) is 14.8 Å². The molecule has 1 aromatic carbocycles. The summed E-state index contributed by atoms with van der Waals surface area (Å²) in [5.74, 6) is 1.64. The summed E-state index contributed by atoms with van der Waals surface area (Å²) in [6, 6.07) is 11.7. The molecular weight excluding hydrogens is 377 g/mol. The van der Waals surface area contributed by atoms with Crippen LogP contribution in [0.1, 0.15) is 5.82 Å². The number of nitrogens with two attached hydrogens (primary N) is 1. The average molecular weight is 389 g/mol. The van der Waals surface area contributed by atoms with Crippen LogP contribution in [0.5, 0.6) is 0 Å². The molecule has 104 valence electrons. The standard InChI is InChI=1S/C15H12IN5/c1-9-18-8-7-11(19-9)15-20-13(12(16)14(17)21-15)10-5-3-2-4-6-10/h2-8H,1H3,(H2,17,20,21). The third-order valence-corrected chi connectivity index (χ3v) is 3.99. The van der Waals surface area contributed by atoms with Crippen LogP contribution in [-0.2, 0) is 0 Å². The van der Waals surface area contributed by atoms with Gasteiger partial charge in [-0.2, -0.15) is 0 Å². The zero-order chi connectivity index (χ0) is 14.8. The number of halogens is 1. The molecule has 0 saturated carbocycles. The largest absolute Gasteiger partial charge is 0.383 e. The number of aryl methyl sites for hydroxylation is 1. The molecule has 0 saturated heterocycles. The number of hydrogen-bond acceptors (Lipinski definition) is 5. The first-order valence-electron chi connectivity index (χ1n) is 6.33. The van der Waals surface area contributed by atoms with Crippen LogP contribution >= 0.6 is 22.6 Å². The average Bonchev–Trinajstić information content (AvgIpc) is 2.51. The van der Waals surface area contributed by atoms with E-state index >= 15 is 0 Å². The molecule has 2 aromatic heterocycles. The molecule has 0 spiro atoms. The third kappa shape index (κ3) is 2.85. The van der Waals surface area contributed by atoms with Gasteiger partial charge in [0.15, 0.2) is 5.82 Å². The Hall–Kier alpha value is -2.09. The van der Waals surface area contributed by atoms with E-state index in [2.05, 4.69) is 42.5 Å². The molecule has 3 rings (SSSR count). The minimum atomic E-state index is 0.454. The van der Waals surface area contributed by atoms with Gasteiger partial charge in [-0.15, -0.1) is 0 Å². The Morgan fingerprint density at radius 2 is 1.76 bits per heavy atom. The van der Waals surface area contributed by atoms with Crippen LogP contribution in [0.2, 0.25) is 0 Å². The van der Waals surface area contributed by atoms with E-state index in [0.29, 0.717) is 23.2 Å². The number of nitrogens with zero attached hydrogens (tertiary/aromatic N) is 4. The summed E-state index contributed by atoms with van der Waals surface area (Å²) in [7, 11) is 0. The summed E-state index contributed by atoms with van der Waals surface area (Å²) in [4.78, 5) is 17.4. The van der Waals surface area contributed by atoms with Crippen molar-refractivity contribution in [2.24, 2.45) is 0 Å². The van der Waals surface area contributed by atoms with Gasteiger partial charge in [0.25, 0.3) is 0 Å². The number of benzene rings is 1. The molecule has 0 aliphatic carbocycles. The van der Waals surface area contributed by atoms with Crippen LogP contribution in [0.15, 0.2) is 42.6 Å². The summed E-state index contributed by atoms with van der Waals surface area (Å²) in [6.45, 7) is 1.83. The predicted octanol–water partition coefficient (Wildman–Crippen LogP) is 3.10. The molecule has 6 heteroatoms. The van der Waals surface area contributed by atoms with Crippen molar-refractivity contribution in [3.63, 3.8) is 0 Å². The maximum Gasteiger partial charge on any atom is 0.180 e. The second kappa shape index (κ2) is 5.72. The summed E-state index contributed by atoms with van der Waals surface area (Å²) >= 11 is 2.17. The smallest absolute Gasteiger partial charge is 0.180 e. The minimum Gasteiger partial charge on any atom is -0.383 e. The normalized spacial score (nSPS) is 10.6. The maximum atomic E-state index is 6.03. The molecule has 0 aliphatic heterocycles. The number of nitrogen functional groups attached to an aromatic ring is 1. The van der Waals surface area contributed by atoms with E-state index in [-0.39, 0.29) is 0 Å². The first-order valence-corrected chi connectivity index (χ1v) is 7.41. The van der Waals surface area contributed by atoms with Crippen LogP contribution in [0.25, 0.3) is 22.8 Å². The monoisotopic (exact) mass is 389 g/mol. The van der Waals surface area contributed by atoms with Gasteiger partial charge < -0.3 is 5.73 Å². The zero-order valence-electron chi connectivity index (χ0n) is 11.3. The molecule has 2 heterocycles. The van der Waals surface area contributed by atoms with Crippen molar-refractivity contribution in [3.05, 3.63) is 52.0 Å². The Morgan fingerprint density at radius 1 is 1.00 bits per heavy atom. The van der Waals surface area contributed by atoms with E-state index in [9.17, 15) is 0 Å². The molecule has 2 N–H and O–H groups in total. The Kier molecular flexibility index (Phi) is 3.78. The Balaban J connectivity index is 2.19. The first kappa shape index (κ1) is 13.9. The number of aromatic nitrogens is 4. The number of anilines is 1. The van der Waals surface area contributed by atoms with Crippen molar-refractivity contribution < 1.29 is 0 Å². The molecular formula is C15H12IN5. The molecule has 0 amide bonds.